The van der Waals surface area contributed by atoms with Crippen molar-refractivity contribution in [2.45, 2.75) is 45.6 Å². The Hall–Kier alpha value is -2.08. The van der Waals surface area contributed by atoms with Crippen LogP contribution in [-0.4, -0.2) is 34.1 Å². The van der Waals surface area contributed by atoms with Gasteiger partial charge in [0, 0.05) is 24.2 Å². The van der Waals surface area contributed by atoms with Crippen LogP contribution in [0.15, 0.2) is 29.5 Å². The van der Waals surface area contributed by atoms with Gasteiger partial charge in [0.1, 0.15) is 0 Å². The van der Waals surface area contributed by atoms with E-state index in [1.54, 1.807) is 12.1 Å². The van der Waals surface area contributed by atoms with Crippen LogP contribution in [0.5, 0.6) is 11.5 Å². The summed E-state index contributed by atoms with van der Waals surface area (Å²) in [6.45, 7) is 5.25. The summed E-state index contributed by atoms with van der Waals surface area (Å²) in [5.74, 6) is 0.697. The van der Waals surface area contributed by atoms with Crippen LogP contribution in [0.2, 0.25) is 0 Å². The molecule has 0 aromatic heterocycles. The van der Waals surface area contributed by atoms with Crippen molar-refractivity contribution in [3.63, 3.8) is 0 Å². The van der Waals surface area contributed by atoms with Crippen LogP contribution < -0.4 is 10.1 Å². The second-order valence-electron chi connectivity index (χ2n) is 6.33. The summed E-state index contributed by atoms with van der Waals surface area (Å²) in [5.41, 5.74) is 2.74. The van der Waals surface area contributed by atoms with Crippen molar-refractivity contribution in [1.29, 1.82) is 0 Å². The van der Waals surface area contributed by atoms with Crippen LogP contribution in [0.1, 0.15) is 51.1 Å². The maximum atomic E-state index is 12.7. The zero-order chi connectivity index (χ0) is 18.0. The van der Waals surface area contributed by atoms with Gasteiger partial charge in [-0.1, -0.05) is 13.0 Å². The third-order valence-electron chi connectivity index (χ3n) is 4.62. The molecule has 5 nitrogen and oxygen atoms in total. The van der Waals surface area contributed by atoms with E-state index < -0.39 is 0 Å². The standard InChI is InChI=1S/C19H24N2O3S/c1-3-10-21-13-6-5-7-15(23)17(13)18(20-19(21)25)12-8-9-14(22)16(11-12)24-4-2/h8-9,11,18,22H,3-7,10H2,1-2H3,(H,20,25). The number of thiocarbonyl (C=S) groups is 1. The molecule has 0 spiro atoms. The van der Waals surface area contributed by atoms with Crippen molar-refractivity contribution in [3.05, 3.63) is 35.0 Å². The smallest absolute Gasteiger partial charge is 0.173 e. The number of nitrogens with one attached hydrogen (secondary N) is 1. The number of phenols is 1. The number of ketones is 1. The molecule has 1 aromatic carbocycles. The van der Waals surface area contributed by atoms with E-state index in [2.05, 4.69) is 17.1 Å². The highest BCUT2D eigenvalue weighted by molar-refractivity contribution is 7.80. The average Bonchev–Trinajstić information content (AvgIpc) is 2.59. The van der Waals surface area contributed by atoms with E-state index >= 15 is 0 Å². The van der Waals surface area contributed by atoms with Crippen LogP contribution in [-0.2, 0) is 4.79 Å². The minimum absolute atomic E-state index is 0.0979. The van der Waals surface area contributed by atoms with Gasteiger partial charge in [-0.2, -0.15) is 0 Å². The molecular weight excluding hydrogens is 336 g/mol. The molecule has 1 aliphatic carbocycles. The fourth-order valence-corrected chi connectivity index (χ4v) is 3.86. The molecule has 1 unspecified atom stereocenters. The first kappa shape index (κ1) is 17.7. The Morgan fingerprint density at radius 3 is 2.88 bits per heavy atom. The van der Waals surface area contributed by atoms with E-state index in [4.69, 9.17) is 17.0 Å². The first-order chi connectivity index (χ1) is 12.1. The number of allylic oxidation sites excluding steroid dienone is 1. The van der Waals surface area contributed by atoms with Crippen molar-refractivity contribution in [2.75, 3.05) is 13.2 Å². The van der Waals surface area contributed by atoms with Crippen molar-refractivity contribution >= 4 is 23.1 Å². The topological polar surface area (TPSA) is 61.8 Å². The van der Waals surface area contributed by atoms with Gasteiger partial charge in [0.25, 0.3) is 0 Å². The monoisotopic (exact) mass is 360 g/mol. The molecule has 0 amide bonds. The van der Waals surface area contributed by atoms with Gasteiger partial charge in [0.05, 0.1) is 12.6 Å². The summed E-state index contributed by atoms with van der Waals surface area (Å²) in [5, 5.41) is 13.9. The highest BCUT2D eigenvalue weighted by Crippen LogP contribution is 2.39. The van der Waals surface area contributed by atoms with Crippen molar-refractivity contribution < 1.29 is 14.6 Å². The summed E-state index contributed by atoms with van der Waals surface area (Å²) in [6.07, 6.45) is 3.27. The van der Waals surface area contributed by atoms with E-state index in [1.807, 2.05) is 13.0 Å². The Labute approximate surface area is 153 Å². The zero-order valence-electron chi connectivity index (χ0n) is 14.7. The molecule has 1 heterocycles. The lowest BCUT2D eigenvalue weighted by Crippen LogP contribution is -2.49. The van der Waals surface area contributed by atoms with Crippen molar-refractivity contribution in [1.82, 2.24) is 10.2 Å². The number of Topliss-reactive ketones (excluding diaryl/α,β-unsaturated/α-hetero) is 1. The normalized spacial score (nSPS) is 20.4. The molecule has 6 heteroatoms. The molecule has 1 aromatic rings. The van der Waals surface area contributed by atoms with E-state index in [0.29, 0.717) is 23.9 Å². The number of hydrogen-bond donors (Lipinski definition) is 2. The third kappa shape index (κ3) is 3.35. The highest BCUT2D eigenvalue weighted by Gasteiger charge is 2.37. The molecule has 0 fully saturated rings. The quantitative estimate of drug-likeness (QED) is 0.785. The Kier molecular flexibility index (Phi) is 5.27. The van der Waals surface area contributed by atoms with Gasteiger partial charge in [0.2, 0.25) is 0 Å². The molecule has 1 aliphatic heterocycles. The Balaban J connectivity index is 2.06. The molecular formula is C19H24N2O3S. The Morgan fingerprint density at radius 2 is 2.16 bits per heavy atom. The number of aromatic hydroxyl groups is 1. The highest BCUT2D eigenvalue weighted by atomic mass is 32.1. The fourth-order valence-electron chi connectivity index (χ4n) is 3.54. The lowest BCUT2D eigenvalue weighted by atomic mass is 9.84. The Bertz CT molecular complexity index is 729. The first-order valence-corrected chi connectivity index (χ1v) is 9.27. The molecule has 0 bridgehead atoms. The van der Waals surface area contributed by atoms with Gasteiger partial charge in [-0.05, 0) is 56.1 Å². The molecule has 0 saturated heterocycles. The van der Waals surface area contributed by atoms with Crippen LogP contribution in [0.4, 0.5) is 0 Å². The number of phenolic OH excluding ortho intramolecular Hbond substituents is 1. The SMILES string of the molecule is CCCN1C(=S)NC(c2ccc(O)c(OCC)c2)C2=C1CCCC2=O. The zero-order valence-corrected chi connectivity index (χ0v) is 15.5. The van der Waals surface area contributed by atoms with E-state index in [1.165, 1.54) is 0 Å². The summed E-state index contributed by atoms with van der Waals surface area (Å²) >= 11 is 5.58. The van der Waals surface area contributed by atoms with Gasteiger partial charge in [-0.3, -0.25) is 4.79 Å². The van der Waals surface area contributed by atoms with Gasteiger partial charge in [0.15, 0.2) is 22.4 Å². The molecule has 134 valence electrons. The second-order valence-corrected chi connectivity index (χ2v) is 6.72. The van der Waals surface area contributed by atoms with Crippen LogP contribution in [0, 0.1) is 0 Å². The number of rotatable bonds is 5. The first-order valence-electron chi connectivity index (χ1n) is 8.86. The summed E-state index contributed by atoms with van der Waals surface area (Å²) in [6, 6.07) is 4.93. The summed E-state index contributed by atoms with van der Waals surface area (Å²) in [7, 11) is 0. The predicted molar refractivity (Wildman–Crippen MR) is 101 cm³/mol. The van der Waals surface area contributed by atoms with Gasteiger partial charge in [-0.15, -0.1) is 0 Å². The second kappa shape index (κ2) is 7.44. The minimum atomic E-state index is -0.289. The number of benzene rings is 1. The minimum Gasteiger partial charge on any atom is -0.504 e. The largest absolute Gasteiger partial charge is 0.504 e. The van der Waals surface area contributed by atoms with Gasteiger partial charge in [-0.25, -0.2) is 0 Å². The average molecular weight is 360 g/mol. The predicted octanol–water partition coefficient (Wildman–Crippen LogP) is 3.44. The fraction of sp³-hybridized carbons (Fsp3) is 0.474. The number of carbonyl (C=O) groups is 1. The third-order valence-corrected chi connectivity index (χ3v) is 4.96. The number of ether oxygens (including phenoxy) is 1. The van der Waals surface area contributed by atoms with Gasteiger partial charge >= 0.3 is 0 Å². The summed E-state index contributed by atoms with van der Waals surface area (Å²) < 4.78 is 5.50. The number of carbonyl (C=O) groups excluding carboxylic acids is 1. The molecule has 1 atom stereocenters. The van der Waals surface area contributed by atoms with Crippen LogP contribution >= 0.6 is 12.2 Å². The molecule has 3 rings (SSSR count). The molecule has 25 heavy (non-hydrogen) atoms. The lowest BCUT2D eigenvalue weighted by Gasteiger charge is -2.41. The maximum Gasteiger partial charge on any atom is 0.173 e. The Morgan fingerprint density at radius 1 is 1.36 bits per heavy atom. The molecule has 0 radical (unpaired) electrons. The van der Waals surface area contributed by atoms with Crippen molar-refractivity contribution in [3.8, 4) is 11.5 Å². The van der Waals surface area contributed by atoms with Gasteiger partial charge < -0.3 is 20.1 Å². The number of hydrogen-bond acceptors (Lipinski definition) is 4. The van der Waals surface area contributed by atoms with E-state index in [0.717, 1.165) is 42.6 Å². The number of nitrogens with zero attached hydrogens (tertiary/aromatic N) is 1. The van der Waals surface area contributed by atoms with E-state index in [-0.39, 0.29) is 17.6 Å². The van der Waals surface area contributed by atoms with Crippen molar-refractivity contribution in [2.24, 2.45) is 0 Å². The van der Waals surface area contributed by atoms with Crippen LogP contribution in [0.3, 0.4) is 0 Å². The molecule has 0 saturated carbocycles. The lowest BCUT2D eigenvalue weighted by molar-refractivity contribution is -0.116. The maximum absolute atomic E-state index is 12.7. The van der Waals surface area contributed by atoms with Crippen LogP contribution in [0.25, 0.3) is 0 Å². The summed E-state index contributed by atoms with van der Waals surface area (Å²) in [4.78, 5) is 14.8. The van der Waals surface area contributed by atoms with E-state index in [9.17, 15) is 9.90 Å². The molecule has 2 N–H and O–H groups in total. The molecule has 2 aliphatic rings.